The monoisotopic (exact) mass is 245 g/mol. The summed E-state index contributed by atoms with van der Waals surface area (Å²) in [6.07, 6.45) is 11.0. The van der Waals surface area contributed by atoms with Crippen molar-refractivity contribution in [2.75, 3.05) is 0 Å². The Labute approximate surface area is 107 Å². The van der Waals surface area contributed by atoms with Crippen molar-refractivity contribution in [3.05, 3.63) is 0 Å². The Morgan fingerprint density at radius 3 is 1.76 bits per heavy atom. The lowest BCUT2D eigenvalue weighted by Gasteiger charge is -2.18. The highest BCUT2D eigenvalue weighted by atomic mass is 16.4. The zero-order chi connectivity index (χ0) is 12.4. The van der Waals surface area contributed by atoms with E-state index in [0.717, 1.165) is 12.8 Å². The van der Waals surface area contributed by atoms with E-state index < -0.39 is 11.4 Å². The molecule has 3 nitrogen and oxygen atoms in total. The van der Waals surface area contributed by atoms with Gasteiger partial charge in [0.2, 0.25) is 0 Å². The Morgan fingerprint density at radius 2 is 1.35 bits per heavy atom. The Hall–Kier alpha value is -0.570. The molecule has 0 saturated carbocycles. The molecule has 0 bridgehead atoms. The topological polar surface area (TPSA) is 72.3 Å². The molecule has 4 N–H and O–H groups in total. The molecule has 104 valence electrons. The van der Waals surface area contributed by atoms with Crippen molar-refractivity contribution in [1.29, 1.82) is 0 Å². The van der Waals surface area contributed by atoms with Gasteiger partial charge in [0.1, 0.15) is 0 Å². The number of aliphatic carboxylic acids is 1. The summed E-state index contributed by atoms with van der Waals surface area (Å²) >= 11 is 0. The van der Waals surface area contributed by atoms with Crippen LogP contribution in [-0.4, -0.2) is 11.1 Å². The molecule has 0 aliphatic carbocycles. The molecule has 0 aromatic carbocycles. The van der Waals surface area contributed by atoms with E-state index in [9.17, 15) is 4.79 Å². The molecule has 0 aliphatic heterocycles. The lowest BCUT2D eigenvalue weighted by Crippen LogP contribution is -2.23. The first kappa shape index (κ1) is 18.8. The third-order valence-electron chi connectivity index (χ3n) is 3.23. The van der Waals surface area contributed by atoms with Gasteiger partial charge in [-0.3, -0.25) is 4.79 Å². The maximum absolute atomic E-state index is 10.9. The average Bonchev–Trinajstić information content (AvgIpc) is 2.21. The Morgan fingerprint density at radius 1 is 0.941 bits per heavy atom. The van der Waals surface area contributed by atoms with Gasteiger partial charge in [-0.1, -0.05) is 58.3 Å². The summed E-state index contributed by atoms with van der Waals surface area (Å²) < 4.78 is 0. The Balaban J connectivity index is 0. The SMILES string of the molecule is CCCCCCCCCCC(C)(C)C(=O)O.N. The number of carbonyl (C=O) groups is 1. The van der Waals surface area contributed by atoms with E-state index >= 15 is 0 Å². The molecule has 0 spiro atoms. The largest absolute Gasteiger partial charge is 0.481 e. The minimum atomic E-state index is -0.671. The third kappa shape index (κ3) is 10.3. The van der Waals surface area contributed by atoms with Gasteiger partial charge in [0.25, 0.3) is 0 Å². The van der Waals surface area contributed by atoms with Crippen LogP contribution in [0.15, 0.2) is 0 Å². The number of carboxylic acids is 1. The number of carboxylic acid groups (broad SMARTS) is 1. The van der Waals surface area contributed by atoms with E-state index in [2.05, 4.69) is 6.92 Å². The predicted molar refractivity (Wildman–Crippen MR) is 73.7 cm³/mol. The fourth-order valence-electron chi connectivity index (χ4n) is 1.81. The summed E-state index contributed by atoms with van der Waals surface area (Å²) in [5.74, 6) is -0.671. The molecule has 0 unspecified atom stereocenters. The van der Waals surface area contributed by atoms with E-state index in [1.807, 2.05) is 13.8 Å². The van der Waals surface area contributed by atoms with Gasteiger partial charge in [-0.25, -0.2) is 0 Å². The maximum atomic E-state index is 10.9. The average molecular weight is 245 g/mol. The molecule has 0 saturated heterocycles. The van der Waals surface area contributed by atoms with Crippen molar-refractivity contribution in [3.8, 4) is 0 Å². The summed E-state index contributed by atoms with van der Waals surface area (Å²) in [4.78, 5) is 10.9. The molecule has 0 aromatic rings. The summed E-state index contributed by atoms with van der Waals surface area (Å²) in [6.45, 7) is 5.86. The van der Waals surface area contributed by atoms with Crippen LogP contribution in [0.4, 0.5) is 0 Å². The smallest absolute Gasteiger partial charge is 0.309 e. The lowest BCUT2D eigenvalue weighted by atomic mass is 9.87. The van der Waals surface area contributed by atoms with Gasteiger partial charge in [0.15, 0.2) is 0 Å². The second-order valence-electron chi connectivity index (χ2n) is 5.41. The van der Waals surface area contributed by atoms with Crippen molar-refractivity contribution < 1.29 is 9.90 Å². The van der Waals surface area contributed by atoms with Crippen molar-refractivity contribution in [2.24, 2.45) is 5.41 Å². The standard InChI is InChI=1S/C14H28O2.H3N/c1-4-5-6-7-8-9-10-11-12-14(2,3)13(15)16;/h4-12H2,1-3H3,(H,15,16);1H3. The summed E-state index contributed by atoms with van der Waals surface area (Å²) in [7, 11) is 0. The van der Waals surface area contributed by atoms with Crippen LogP contribution in [0.25, 0.3) is 0 Å². The number of hydrogen-bond donors (Lipinski definition) is 2. The fraction of sp³-hybridized carbons (Fsp3) is 0.929. The summed E-state index contributed by atoms with van der Waals surface area (Å²) in [5, 5.41) is 8.94. The molecule has 0 fully saturated rings. The molecule has 0 amide bonds. The molecule has 0 heterocycles. The van der Waals surface area contributed by atoms with Crippen LogP contribution in [0.2, 0.25) is 0 Å². The number of hydrogen-bond acceptors (Lipinski definition) is 2. The number of unbranched alkanes of at least 4 members (excludes halogenated alkanes) is 7. The quantitative estimate of drug-likeness (QED) is 0.543. The van der Waals surface area contributed by atoms with E-state index in [-0.39, 0.29) is 6.15 Å². The van der Waals surface area contributed by atoms with Crippen LogP contribution in [0.1, 0.15) is 78.6 Å². The second kappa shape index (κ2) is 10.6. The Bertz CT molecular complexity index is 191. The van der Waals surface area contributed by atoms with Crippen LogP contribution in [0, 0.1) is 5.41 Å². The van der Waals surface area contributed by atoms with Gasteiger partial charge in [-0.05, 0) is 20.3 Å². The second-order valence-corrected chi connectivity index (χ2v) is 5.41. The normalized spacial score (nSPS) is 11.0. The first-order valence-electron chi connectivity index (χ1n) is 6.74. The molecular formula is C14H31NO2. The van der Waals surface area contributed by atoms with Gasteiger partial charge >= 0.3 is 5.97 Å². The minimum absolute atomic E-state index is 0. The lowest BCUT2D eigenvalue weighted by molar-refractivity contribution is -0.147. The van der Waals surface area contributed by atoms with Crippen molar-refractivity contribution in [1.82, 2.24) is 6.15 Å². The zero-order valence-corrected chi connectivity index (χ0v) is 11.9. The highest BCUT2D eigenvalue weighted by molar-refractivity contribution is 5.73. The highest BCUT2D eigenvalue weighted by Gasteiger charge is 2.25. The highest BCUT2D eigenvalue weighted by Crippen LogP contribution is 2.24. The van der Waals surface area contributed by atoms with E-state index in [1.54, 1.807) is 0 Å². The minimum Gasteiger partial charge on any atom is -0.481 e. The molecule has 0 rings (SSSR count). The third-order valence-corrected chi connectivity index (χ3v) is 3.23. The first-order valence-corrected chi connectivity index (χ1v) is 6.74. The van der Waals surface area contributed by atoms with Crippen molar-refractivity contribution in [3.63, 3.8) is 0 Å². The van der Waals surface area contributed by atoms with Gasteiger partial charge in [-0.15, -0.1) is 0 Å². The molecule has 0 radical (unpaired) electrons. The maximum Gasteiger partial charge on any atom is 0.309 e. The van der Waals surface area contributed by atoms with Crippen LogP contribution in [-0.2, 0) is 4.79 Å². The first-order chi connectivity index (χ1) is 7.50. The van der Waals surface area contributed by atoms with E-state index in [4.69, 9.17) is 5.11 Å². The molecule has 0 aromatic heterocycles. The molecule has 17 heavy (non-hydrogen) atoms. The molecular weight excluding hydrogens is 214 g/mol. The van der Waals surface area contributed by atoms with Gasteiger partial charge in [0.05, 0.1) is 5.41 Å². The predicted octanol–water partition coefficient (Wildman–Crippen LogP) is 4.79. The molecule has 0 atom stereocenters. The zero-order valence-electron chi connectivity index (χ0n) is 11.9. The van der Waals surface area contributed by atoms with Crippen molar-refractivity contribution >= 4 is 5.97 Å². The van der Waals surface area contributed by atoms with Crippen LogP contribution >= 0.6 is 0 Å². The van der Waals surface area contributed by atoms with Gasteiger partial charge in [-0.2, -0.15) is 0 Å². The van der Waals surface area contributed by atoms with E-state index in [0.29, 0.717) is 0 Å². The fourth-order valence-corrected chi connectivity index (χ4v) is 1.81. The number of rotatable bonds is 10. The molecule has 3 heteroatoms. The van der Waals surface area contributed by atoms with E-state index in [1.165, 1.54) is 44.9 Å². The Kier molecular flexibility index (Phi) is 11.7. The van der Waals surface area contributed by atoms with Crippen LogP contribution in [0.3, 0.4) is 0 Å². The van der Waals surface area contributed by atoms with Gasteiger partial charge < -0.3 is 11.3 Å². The molecule has 0 aliphatic rings. The summed E-state index contributed by atoms with van der Waals surface area (Å²) in [6, 6.07) is 0. The van der Waals surface area contributed by atoms with Crippen molar-refractivity contribution in [2.45, 2.75) is 78.6 Å². The van der Waals surface area contributed by atoms with Gasteiger partial charge in [0, 0.05) is 0 Å². The van der Waals surface area contributed by atoms with Crippen LogP contribution < -0.4 is 6.15 Å². The summed E-state index contributed by atoms with van der Waals surface area (Å²) in [5.41, 5.74) is -0.539. The van der Waals surface area contributed by atoms with Crippen LogP contribution in [0.5, 0.6) is 0 Å².